The predicted molar refractivity (Wildman–Crippen MR) is 55.7 cm³/mol. The van der Waals surface area contributed by atoms with Crippen molar-refractivity contribution in [1.82, 2.24) is 15.1 Å². The average Bonchev–Trinajstić information content (AvgIpc) is 2.83. The molecule has 1 aromatic rings. The second-order valence-electron chi connectivity index (χ2n) is 4.48. The van der Waals surface area contributed by atoms with E-state index in [-0.39, 0.29) is 5.91 Å². The van der Waals surface area contributed by atoms with Gasteiger partial charge in [-0.05, 0) is 31.7 Å². The molecule has 0 spiro atoms. The molecule has 4 nitrogen and oxygen atoms in total. The van der Waals surface area contributed by atoms with E-state index in [2.05, 4.69) is 10.2 Å². The van der Waals surface area contributed by atoms with Crippen molar-refractivity contribution in [2.45, 2.75) is 31.6 Å². The van der Waals surface area contributed by atoms with Crippen molar-refractivity contribution >= 4 is 5.91 Å². The van der Waals surface area contributed by atoms with Gasteiger partial charge in [0.05, 0.1) is 0 Å². The van der Waals surface area contributed by atoms with E-state index >= 15 is 0 Å². The molecule has 80 valence electrons. The first-order valence-electron chi connectivity index (χ1n) is 5.69. The number of nitrogens with one attached hydrogen (secondary N) is 1. The summed E-state index contributed by atoms with van der Waals surface area (Å²) < 4.78 is 0. The Hall–Kier alpha value is -1.32. The van der Waals surface area contributed by atoms with Gasteiger partial charge in [0, 0.05) is 24.7 Å². The number of hydrogen-bond donors (Lipinski definition) is 1. The lowest BCUT2D eigenvalue weighted by Gasteiger charge is -2.12. The SMILES string of the molecule is O=C(c1cc(C2CC2)[nH]n1)N1CCCC1. The maximum absolute atomic E-state index is 11.9. The Kier molecular flexibility index (Phi) is 2.01. The number of rotatable bonds is 2. The summed E-state index contributed by atoms with van der Waals surface area (Å²) in [4.78, 5) is 13.8. The number of carbonyl (C=O) groups is 1. The standard InChI is InChI=1S/C11H15N3O/c15-11(14-5-1-2-6-14)10-7-9(12-13-10)8-3-4-8/h7-8H,1-6H2,(H,12,13). The molecule has 0 atom stereocenters. The number of hydrogen-bond acceptors (Lipinski definition) is 2. The Morgan fingerprint density at radius 3 is 2.80 bits per heavy atom. The molecule has 2 fully saturated rings. The maximum Gasteiger partial charge on any atom is 0.274 e. The van der Waals surface area contributed by atoms with Crippen molar-refractivity contribution in [3.05, 3.63) is 17.5 Å². The van der Waals surface area contributed by atoms with Gasteiger partial charge in [-0.15, -0.1) is 0 Å². The van der Waals surface area contributed by atoms with Crippen LogP contribution in [0.5, 0.6) is 0 Å². The van der Waals surface area contributed by atoms with Crippen LogP contribution in [-0.4, -0.2) is 34.1 Å². The Bertz CT molecular complexity index is 375. The number of aromatic nitrogens is 2. The van der Waals surface area contributed by atoms with Crippen molar-refractivity contribution in [3.8, 4) is 0 Å². The number of H-pyrrole nitrogens is 1. The van der Waals surface area contributed by atoms with E-state index in [9.17, 15) is 4.79 Å². The topological polar surface area (TPSA) is 49.0 Å². The van der Waals surface area contributed by atoms with Crippen LogP contribution in [0.1, 0.15) is 47.8 Å². The highest BCUT2D eigenvalue weighted by molar-refractivity contribution is 5.92. The molecule has 1 saturated carbocycles. The van der Waals surface area contributed by atoms with Gasteiger partial charge in [0.25, 0.3) is 5.91 Å². The van der Waals surface area contributed by atoms with Gasteiger partial charge in [-0.2, -0.15) is 5.10 Å². The summed E-state index contributed by atoms with van der Waals surface area (Å²) in [7, 11) is 0. The van der Waals surface area contributed by atoms with Crippen LogP contribution in [0.2, 0.25) is 0 Å². The summed E-state index contributed by atoms with van der Waals surface area (Å²) in [6, 6.07) is 1.93. The van der Waals surface area contributed by atoms with Gasteiger partial charge in [-0.25, -0.2) is 0 Å². The maximum atomic E-state index is 11.9. The highest BCUT2D eigenvalue weighted by Crippen LogP contribution is 2.39. The Labute approximate surface area is 88.7 Å². The molecule has 0 aromatic carbocycles. The third-order valence-corrected chi connectivity index (χ3v) is 3.23. The van der Waals surface area contributed by atoms with Gasteiger partial charge in [0.1, 0.15) is 5.69 Å². The zero-order valence-electron chi connectivity index (χ0n) is 8.70. The summed E-state index contributed by atoms with van der Waals surface area (Å²) in [6.07, 6.45) is 4.73. The van der Waals surface area contributed by atoms with Crippen LogP contribution in [0.15, 0.2) is 6.07 Å². The highest BCUT2D eigenvalue weighted by atomic mass is 16.2. The van der Waals surface area contributed by atoms with E-state index in [0.717, 1.165) is 31.6 Å². The normalized spacial score (nSPS) is 20.9. The molecule has 1 aliphatic heterocycles. The minimum atomic E-state index is 0.0932. The second kappa shape index (κ2) is 3.36. The summed E-state index contributed by atoms with van der Waals surface area (Å²) in [6.45, 7) is 1.79. The lowest BCUT2D eigenvalue weighted by molar-refractivity contribution is 0.0787. The lowest BCUT2D eigenvalue weighted by Crippen LogP contribution is -2.27. The quantitative estimate of drug-likeness (QED) is 0.795. The molecular formula is C11H15N3O. The summed E-state index contributed by atoms with van der Waals surface area (Å²) >= 11 is 0. The fourth-order valence-corrected chi connectivity index (χ4v) is 2.13. The van der Waals surface area contributed by atoms with Gasteiger partial charge in [0.15, 0.2) is 0 Å². The van der Waals surface area contributed by atoms with E-state index in [1.54, 1.807) is 0 Å². The van der Waals surface area contributed by atoms with Gasteiger partial charge >= 0.3 is 0 Å². The van der Waals surface area contributed by atoms with E-state index in [1.807, 2.05) is 11.0 Å². The first-order chi connectivity index (χ1) is 7.34. The predicted octanol–water partition coefficient (Wildman–Crippen LogP) is 1.52. The fourth-order valence-electron chi connectivity index (χ4n) is 2.13. The van der Waals surface area contributed by atoms with Crippen LogP contribution in [0.3, 0.4) is 0 Å². The van der Waals surface area contributed by atoms with Crippen molar-refractivity contribution in [1.29, 1.82) is 0 Å². The third kappa shape index (κ3) is 1.64. The smallest absolute Gasteiger partial charge is 0.274 e. The minimum absolute atomic E-state index is 0.0932. The van der Waals surface area contributed by atoms with Crippen molar-refractivity contribution < 1.29 is 4.79 Å². The molecule has 1 aliphatic carbocycles. The van der Waals surface area contributed by atoms with Gasteiger partial charge in [-0.3, -0.25) is 9.89 Å². The Balaban J connectivity index is 1.75. The third-order valence-electron chi connectivity index (χ3n) is 3.23. The van der Waals surface area contributed by atoms with Gasteiger partial charge in [0.2, 0.25) is 0 Å². The Morgan fingerprint density at radius 1 is 1.40 bits per heavy atom. The molecule has 0 bridgehead atoms. The molecule has 15 heavy (non-hydrogen) atoms. The van der Waals surface area contributed by atoms with Crippen molar-refractivity contribution in [2.24, 2.45) is 0 Å². The van der Waals surface area contributed by atoms with Gasteiger partial charge < -0.3 is 4.90 Å². The van der Waals surface area contributed by atoms with Crippen LogP contribution in [-0.2, 0) is 0 Å². The molecule has 3 rings (SSSR count). The molecule has 2 aliphatic rings. The zero-order valence-corrected chi connectivity index (χ0v) is 8.70. The Morgan fingerprint density at radius 2 is 2.13 bits per heavy atom. The van der Waals surface area contributed by atoms with Crippen LogP contribution in [0.4, 0.5) is 0 Å². The number of nitrogens with zero attached hydrogens (tertiary/aromatic N) is 2. The zero-order chi connectivity index (χ0) is 10.3. The van der Waals surface area contributed by atoms with Crippen LogP contribution >= 0.6 is 0 Å². The summed E-state index contributed by atoms with van der Waals surface area (Å²) in [5.74, 6) is 0.730. The number of likely N-dealkylation sites (tertiary alicyclic amines) is 1. The van der Waals surface area contributed by atoms with Crippen molar-refractivity contribution in [2.75, 3.05) is 13.1 Å². The monoisotopic (exact) mass is 205 g/mol. The average molecular weight is 205 g/mol. The largest absolute Gasteiger partial charge is 0.337 e. The first-order valence-corrected chi connectivity index (χ1v) is 5.69. The van der Waals surface area contributed by atoms with E-state index in [1.165, 1.54) is 12.8 Å². The first kappa shape index (κ1) is 8.95. The molecule has 1 saturated heterocycles. The molecule has 0 radical (unpaired) electrons. The molecule has 0 unspecified atom stereocenters. The number of aromatic amines is 1. The molecule has 2 heterocycles. The lowest BCUT2D eigenvalue weighted by atomic mass is 10.2. The summed E-state index contributed by atoms with van der Waals surface area (Å²) in [5, 5.41) is 7.08. The summed E-state index contributed by atoms with van der Waals surface area (Å²) in [5.41, 5.74) is 1.73. The van der Waals surface area contributed by atoms with E-state index in [0.29, 0.717) is 11.6 Å². The van der Waals surface area contributed by atoms with Crippen LogP contribution in [0.25, 0.3) is 0 Å². The number of amides is 1. The molecular weight excluding hydrogens is 190 g/mol. The van der Waals surface area contributed by atoms with E-state index < -0.39 is 0 Å². The van der Waals surface area contributed by atoms with E-state index in [4.69, 9.17) is 0 Å². The number of carbonyl (C=O) groups excluding carboxylic acids is 1. The molecule has 4 heteroatoms. The fraction of sp³-hybridized carbons (Fsp3) is 0.636. The highest BCUT2D eigenvalue weighted by Gasteiger charge is 2.28. The molecule has 1 aromatic heterocycles. The van der Waals surface area contributed by atoms with Crippen molar-refractivity contribution in [3.63, 3.8) is 0 Å². The van der Waals surface area contributed by atoms with Crippen LogP contribution in [0, 0.1) is 0 Å². The molecule has 1 N–H and O–H groups in total. The minimum Gasteiger partial charge on any atom is -0.337 e. The van der Waals surface area contributed by atoms with Gasteiger partial charge in [-0.1, -0.05) is 0 Å². The second-order valence-corrected chi connectivity index (χ2v) is 4.48. The van der Waals surface area contributed by atoms with Crippen LogP contribution < -0.4 is 0 Å². The molecule has 1 amide bonds.